The minimum Gasteiger partial charge on any atom is -0.497 e. The number of hydrogen-bond donors (Lipinski definition) is 1. The molecule has 0 fully saturated rings. The summed E-state index contributed by atoms with van der Waals surface area (Å²) in [5.74, 6) is 1.67. The Balaban J connectivity index is 2.07. The lowest BCUT2D eigenvalue weighted by atomic mass is 10.1. The SMILES string of the molecule is CCCn1c(CCc2cccc(OC)c2)n[nH]c1=O. The Morgan fingerprint density at radius 2 is 2.21 bits per heavy atom. The van der Waals surface area contributed by atoms with Crippen LogP contribution < -0.4 is 10.4 Å². The number of hydrogen-bond acceptors (Lipinski definition) is 3. The summed E-state index contributed by atoms with van der Waals surface area (Å²) in [4.78, 5) is 11.6. The van der Waals surface area contributed by atoms with Crippen LogP contribution in [-0.2, 0) is 19.4 Å². The van der Waals surface area contributed by atoms with Gasteiger partial charge in [-0.15, -0.1) is 0 Å². The normalized spacial score (nSPS) is 10.6. The molecule has 0 amide bonds. The predicted molar refractivity (Wildman–Crippen MR) is 73.5 cm³/mol. The Kier molecular flexibility index (Phi) is 4.39. The maximum atomic E-state index is 11.6. The molecule has 0 aliphatic rings. The maximum Gasteiger partial charge on any atom is 0.343 e. The minimum absolute atomic E-state index is 0.123. The van der Waals surface area contributed by atoms with Crippen LogP contribution >= 0.6 is 0 Å². The van der Waals surface area contributed by atoms with Gasteiger partial charge in [-0.25, -0.2) is 9.89 Å². The lowest BCUT2D eigenvalue weighted by molar-refractivity contribution is 0.414. The third kappa shape index (κ3) is 3.24. The lowest BCUT2D eigenvalue weighted by Gasteiger charge is -2.05. The molecule has 0 bridgehead atoms. The predicted octanol–water partition coefficient (Wildman–Crippen LogP) is 1.78. The Morgan fingerprint density at radius 1 is 1.37 bits per heavy atom. The van der Waals surface area contributed by atoms with Gasteiger partial charge in [-0.3, -0.25) is 4.57 Å². The molecule has 0 radical (unpaired) electrons. The molecule has 2 aromatic rings. The largest absolute Gasteiger partial charge is 0.497 e. The quantitative estimate of drug-likeness (QED) is 0.862. The van der Waals surface area contributed by atoms with Crippen molar-refractivity contribution in [1.82, 2.24) is 14.8 Å². The van der Waals surface area contributed by atoms with Gasteiger partial charge in [0.2, 0.25) is 0 Å². The number of rotatable bonds is 6. The molecule has 2 rings (SSSR count). The van der Waals surface area contributed by atoms with Crippen molar-refractivity contribution in [3.63, 3.8) is 0 Å². The van der Waals surface area contributed by atoms with Gasteiger partial charge < -0.3 is 4.74 Å². The first-order valence-electron chi connectivity index (χ1n) is 6.51. The van der Waals surface area contributed by atoms with Gasteiger partial charge in [0.15, 0.2) is 0 Å². The number of aromatic nitrogens is 3. The zero-order chi connectivity index (χ0) is 13.7. The molecule has 1 aromatic heterocycles. The molecule has 0 spiro atoms. The van der Waals surface area contributed by atoms with Crippen LogP contribution in [0, 0.1) is 0 Å². The molecule has 0 unspecified atom stereocenters. The number of aromatic amines is 1. The van der Waals surface area contributed by atoms with Crippen molar-refractivity contribution in [1.29, 1.82) is 0 Å². The summed E-state index contributed by atoms with van der Waals surface area (Å²) < 4.78 is 6.90. The van der Waals surface area contributed by atoms with Crippen molar-refractivity contribution in [3.05, 3.63) is 46.1 Å². The second kappa shape index (κ2) is 6.22. The van der Waals surface area contributed by atoms with Gasteiger partial charge in [0, 0.05) is 13.0 Å². The monoisotopic (exact) mass is 261 g/mol. The summed E-state index contributed by atoms with van der Waals surface area (Å²) in [5, 5.41) is 6.60. The highest BCUT2D eigenvalue weighted by atomic mass is 16.5. The van der Waals surface area contributed by atoms with Crippen LogP contribution in [0.5, 0.6) is 5.75 Å². The molecule has 102 valence electrons. The van der Waals surface area contributed by atoms with Crippen molar-refractivity contribution in [2.45, 2.75) is 32.7 Å². The molecule has 19 heavy (non-hydrogen) atoms. The number of nitrogens with one attached hydrogen (secondary N) is 1. The van der Waals surface area contributed by atoms with Crippen molar-refractivity contribution >= 4 is 0 Å². The smallest absolute Gasteiger partial charge is 0.343 e. The third-order valence-electron chi connectivity index (χ3n) is 3.06. The molecule has 0 saturated carbocycles. The second-order valence-corrected chi connectivity index (χ2v) is 4.45. The fraction of sp³-hybridized carbons (Fsp3) is 0.429. The van der Waals surface area contributed by atoms with E-state index < -0.39 is 0 Å². The molecule has 1 heterocycles. The summed E-state index contributed by atoms with van der Waals surface area (Å²) in [6, 6.07) is 7.95. The molecule has 5 heteroatoms. The fourth-order valence-corrected chi connectivity index (χ4v) is 2.08. The van der Waals surface area contributed by atoms with Gasteiger partial charge in [-0.05, 0) is 30.5 Å². The molecule has 0 atom stereocenters. The maximum absolute atomic E-state index is 11.6. The van der Waals surface area contributed by atoms with Crippen LogP contribution in [0.15, 0.2) is 29.1 Å². The topological polar surface area (TPSA) is 59.9 Å². The Morgan fingerprint density at radius 3 is 2.95 bits per heavy atom. The number of aryl methyl sites for hydroxylation is 2. The average Bonchev–Trinajstić information content (AvgIpc) is 2.78. The standard InChI is InChI=1S/C14H19N3O2/c1-3-9-17-13(15-16-14(17)18)8-7-11-5-4-6-12(10-11)19-2/h4-6,10H,3,7-9H2,1-2H3,(H,16,18). The molecule has 0 saturated heterocycles. The molecule has 1 N–H and O–H groups in total. The van der Waals surface area contributed by atoms with E-state index in [0.717, 1.165) is 30.8 Å². The van der Waals surface area contributed by atoms with E-state index in [1.165, 1.54) is 5.56 Å². The van der Waals surface area contributed by atoms with E-state index in [9.17, 15) is 4.79 Å². The fourth-order valence-electron chi connectivity index (χ4n) is 2.08. The molecule has 5 nitrogen and oxygen atoms in total. The van der Waals surface area contributed by atoms with Crippen molar-refractivity contribution in [2.75, 3.05) is 7.11 Å². The van der Waals surface area contributed by atoms with Gasteiger partial charge in [0.25, 0.3) is 0 Å². The lowest BCUT2D eigenvalue weighted by Crippen LogP contribution is -2.19. The molecular formula is C14H19N3O2. The number of ether oxygens (including phenoxy) is 1. The van der Waals surface area contributed by atoms with Gasteiger partial charge in [-0.2, -0.15) is 5.10 Å². The summed E-state index contributed by atoms with van der Waals surface area (Å²) in [6.45, 7) is 2.76. The molecule has 1 aromatic carbocycles. The summed E-state index contributed by atoms with van der Waals surface area (Å²) in [7, 11) is 1.66. The zero-order valence-electron chi connectivity index (χ0n) is 11.3. The third-order valence-corrected chi connectivity index (χ3v) is 3.06. The highest BCUT2D eigenvalue weighted by molar-refractivity contribution is 5.28. The highest BCUT2D eigenvalue weighted by Gasteiger charge is 2.07. The van der Waals surface area contributed by atoms with Gasteiger partial charge in [-0.1, -0.05) is 19.1 Å². The van der Waals surface area contributed by atoms with E-state index in [4.69, 9.17) is 4.74 Å². The van der Waals surface area contributed by atoms with E-state index in [1.807, 2.05) is 25.1 Å². The Bertz CT molecular complexity index is 586. The van der Waals surface area contributed by atoms with Gasteiger partial charge >= 0.3 is 5.69 Å². The van der Waals surface area contributed by atoms with Gasteiger partial charge in [0.05, 0.1) is 7.11 Å². The van der Waals surface area contributed by atoms with Crippen LogP contribution in [0.4, 0.5) is 0 Å². The number of benzene rings is 1. The van der Waals surface area contributed by atoms with Crippen LogP contribution in [0.3, 0.4) is 0 Å². The summed E-state index contributed by atoms with van der Waals surface area (Å²) >= 11 is 0. The zero-order valence-corrected chi connectivity index (χ0v) is 11.3. The van der Waals surface area contributed by atoms with Crippen molar-refractivity contribution < 1.29 is 4.74 Å². The number of nitrogens with zero attached hydrogens (tertiary/aromatic N) is 2. The first-order valence-corrected chi connectivity index (χ1v) is 6.51. The van der Waals surface area contributed by atoms with Crippen LogP contribution in [0.25, 0.3) is 0 Å². The number of H-pyrrole nitrogens is 1. The first-order chi connectivity index (χ1) is 9.24. The highest BCUT2D eigenvalue weighted by Crippen LogP contribution is 2.14. The Labute approximate surface area is 112 Å². The van der Waals surface area contributed by atoms with Crippen molar-refractivity contribution in [2.24, 2.45) is 0 Å². The van der Waals surface area contributed by atoms with E-state index >= 15 is 0 Å². The summed E-state index contributed by atoms with van der Waals surface area (Å²) in [5.41, 5.74) is 1.06. The molecule has 0 aliphatic heterocycles. The molecular weight excluding hydrogens is 242 g/mol. The van der Waals surface area contributed by atoms with Crippen molar-refractivity contribution in [3.8, 4) is 5.75 Å². The average molecular weight is 261 g/mol. The van der Waals surface area contributed by atoms with Crippen LogP contribution in [0.1, 0.15) is 24.7 Å². The minimum atomic E-state index is -0.123. The van der Waals surface area contributed by atoms with E-state index in [2.05, 4.69) is 16.3 Å². The van der Waals surface area contributed by atoms with Crippen LogP contribution in [0.2, 0.25) is 0 Å². The van der Waals surface area contributed by atoms with E-state index in [1.54, 1.807) is 11.7 Å². The first kappa shape index (κ1) is 13.4. The Hall–Kier alpha value is -2.04. The molecule has 0 aliphatic carbocycles. The summed E-state index contributed by atoms with van der Waals surface area (Å²) in [6.07, 6.45) is 2.50. The number of methoxy groups -OCH3 is 1. The van der Waals surface area contributed by atoms with E-state index in [-0.39, 0.29) is 5.69 Å². The second-order valence-electron chi connectivity index (χ2n) is 4.45. The van der Waals surface area contributed by atoms with E-state index in [0.29, 0.717) is 6.54 Å². The van der Waals surface area contributed by atoms with Gasteiger partial charge in [0.1, 0.15) is 11.6 Å². The van der Waals surface area contributed by atoms with Crippen LogP contribution in [-0.4, -0.2) is 21.9 Å².